The fourth-order valence-electron chi connectivity index (χ4n) is 2.34. The van der Waals surface area contributed by atoms with E-state index < -0.39 is 0 Å². The highest BCUT2D eigenvalue weighted by atomic mass is 35.5. The fourth-order valence-corrected chi connectivity index (χ4v) is 3.74. The standard InChI is InChI=1S/C13H9ClN4S/c14-9-3-1-8(2-4-9)10-5-19-13-11-12(16-6-15-11)17-7-18(10)13/h1-4,6-7,10H,5H2. The molecule has 1 unspecified atom stereocenters. The van der Waals surface area contributed by atoms with Crippen LogP contribution in [0.5, 0.6) is 0 Å². The average Bonchev–Trinajstić information content (AvgIpc) is 3.04. The maximum atomic E-state index is 5.94. The van der Waals surface area contributed by atoms with Crippen molar-refractivity contribution < 1.29 is 0 Å². The molecule has 0 saturated heterocycles. The maximum absolute atomic E-state index is 5.94. The molecule has 1 aromatic carbocycles. The Hall–Kier alpha value is -1.59. The zero-order chi connectivity index (χ0) is 12.8. The molecule has 0 N–H and O–H groups in total. The second-order valence-corrected chi connectivity index (χ2v) is 5.83. The number of aromatic nitrogens is 4. The Morgan fingerprint density at radius 1 is 1.16 bits per heavy atom. The van der Waals surface area contributed by atoms with Crippen molar-refractivity contribution in [2.45, 2.75) is 11.1 Å². The molecule has 0 radical (unpaired) electrons. The molecule has 4 rings (SSSR count). The number of hydrogen-bond donors (Lipinski definition) is 0. The number of imidazole rings is 1. The van der Waals surface area contributed by atoms with E-state index in [9.17, 15) is 0 Å². The molecule has 0 saturated carbocycles. The Labute approximate surface area is 119 Å². The largest absolute Gasteiger partial charge is 0.317 e. The summed E-state index contributed by atoms with van der Waals surface area (Å²) in [6, 6.07) is 8.27. The lowest BCUT2D eigenvalue weighted by molar-refractivity contribution is 0.603. The number of fused-ring (bicyclic) bond motifs is 3. The molecule has 94 valence electrons. The van der Waals surface area contributed by atoms with Gasteiger partial charge in [-0.05, 0) is 17.7 Å². The van der Waals surface area contributed by atoms with Crippen LogP contribution in [0.25, 0.3) is 11.5 Å². The van der Waals surface area contributed by atoms with Crippen LogP contribution in [-0.2, 0) is 0 Å². The van der Waals surface area contributed by atoms with E-state index >= 15 is 0 Å². The van der Waals surface area contributed by atoms with Crippen molar-refractivity contribution in [3.63, 3.8) is 0 Å². The SMILES string of the molecule is Clc1ccc(C2CSc3c4ncnc-4ncn32)cc1. The molecule has 0 fully saturated rings. The van der Waals surface area contributed by atoms with Crippen LogP contribution in [0.1, 0.15) is 11.6 Å². The summed E-state index contributed by atoms with van der Waals surface area (Å²) in [4.78, 5) is 12.8. The molecule has 4 nitrogen and oxygen atoms in total. The van der Waals surface area contributed by atoms with Crippen molar-refractivity contribution in [3.8, 4) is 11.5 Å². The van der Waals surface area contributed by atoms with Gasteiger partial charge in [-0.1, -0.05) is 23.7 Å². The van der Waals surface area contributed by atoms with Crippen molar-refractivity contribution in [3.05, 3.63) is 47.5 Å². The van der Waals surface area contributed by atoms with E-state index in [2.05, 4.69) is 31.7 Å². The third-order valence-corrected chi connectivity index (χ3v) is 4.70. The topological polar surface area (TPSA) is 43.6 Å². The van der Waals surface area contributed by atoms with Crippen LogP contribution in [0.3, 0.4) is 0 Å². The predicted octanol–water partition coefficient (Wildman–Crippen LogP) is 3.13. The molecule has 0 aromatic heterocycles. The van der Waals surface area contributed by atoms with Gasteiger partial charge in [0.25, 0.3) is 0 Å². The third kappa shape index (κ3) is 1.73. The Morgan fingerprint density at radius 2 is 2.00 bits per heavy atom. The molecule has 0 amide bonds. The van der Waals surface area contributed by atoms with Gasteiger partial charge in [0, 0.05) is 10.8 Å². The lowest BCUT2D eigenvalue weighted by atomic mass is 10.1. The third-order valence-electron chi connectivity index (χ3n) is 3.29. The van der Waals surface area contributed by atoms with Gasteiger partial charge in [0.15, 0.2) is 5.82 Å². The average molecular weight is 289 g/mol. The first-order valence-corrected chi connectivity index (χ1v) is 7.25. The first-order chi connectivity index (χ1) is 9.33. The second-order valence-electron chi connectivity index (χ2n) is 4.38. The van der Waals surface area contributed by atoms with Crippen molar-refractivity contribution in [2.24, 2.45) is 0 Å². The Bertz CT molecular complexity index is 709. The van der Waals surface area contributed by atoms with E-state index in [1.165, 1.54) is 5.56 Å². The zero-order valence-corrected chi connectivity index (χ0v) is 11.4. The van der Waals surface area contributed by atoms with Gasteiger partial charge in [-0.3, -0.25) is 0 Å². The first-order valence-electron chi connectivity index (χ1n) is 5.89. The van der Waals surface area contributed by atoms with E-state index in [1.807, 2.05) is 18.5 Å². The van der Waals surface area contributed by atoms with Crippen LogP contribution >= 0.6 is 23.4 Å². The van der Waals surface area contributed by atoms with Gasteiger partial charge in [0.2, 0.25) is 0 Å². The van der Waals surface area contributed by atoms with Crippen LogP contribution in [0.15, 0.2) is 41.9 Å². The number of rotatable bonds is 1. The summed E-state index contributed by atoms with van der Waals surface area (Å²) in [6.07, 6.45) is 3.42. The van der Waals surface area contributed by atoms with Gasteiger partial charge in [0.1, 0.15) is 17.0 Å². The summed E-state index contributed by atoms with van der Waals surface area (Å²) >= 11 is 7.74. The smallest absolute Gasteiger partial charge is 0.183 e. The van der Waals surface area contributed by atoms with E-state index in [1.54, 1.807) is 18.1 Å². The predicted molar refractivity (Wildman–Crippen MR) is 74.8 cm³/mol. The zero-order valence-electron chi connectivity index (χ0n) is 9.82. The normalized spacial score (nSPS) is 17.8. The van der Waals surface area contributed by atoms with Crippen molar-refractivity contribution in [1.82, 2.24) is 19.5 Å². The summed E-state index contributed by atoms with van der Waals surface area (Å²) in [6.45, 7) is 0. The Morgan fingerprint density at radius 3 is 2.84 bits per heavy atom. The van der Waals surface area contributed by atoms with Gasteiger partial charge in [0.05, 0.1) is 12.4 Å². The minimum atomic E-state index is 0.283. The van der Waals surface area contributed by atoms with Crippen LogP contribution in [-0.4, -0.2) is 25.3 Å². The first kappa shape index (κ1) is 11.3. The number of halogens is 1. The second kappa shape index (κ2) is 4.21. The highest BCUT2D eigenvalue weighted by molar-refractivity contribution is 7.99. The summed E-state index contributed by atoms with van der Waals surface area (Å²) in [5.41, 5.74) is 2.13. The van der Waals surface area contributed by atoms with Gasteiger partial charge < -0.3 is 4.57 Å². The highest BCUT2D eigenvalue weighted by Gasteiger charge is 2.28. The molecule has 1 aromatic rings. The molecule has 3 aliphatic rings. The van der Waals surface area contributed by atoms with Crippen LogP contribution in [0.2, 0.25) is 5.02 Å². The highest BCUT2D eigenvalue weighted by Crippen LogP contribution is 2.41. The molecule has 19 heavy (non-hydrogen) atoms. The van der Waals surface area contributed by atoms with Gasteiger partial charge in [-0.15, -0.1) is 11.8 Å². The van der Waals surface area contributed by atoms with E-state index in [-0.39, 0.29) is 6.04 Å². The van der Waals surface area contributed by atoms with Crippen molar-refractivity contribution in [1.29, 1.82) is 0 Å². The molecular weight excluding hydrogens is 280 g/mol. The summed E-state index contributed by atoms with van der Waals surface area (Å²) in [5.74, 6) is 1.70. The molecule has 3 heterocycles. The van der Waals surface area contributed by atoms with Crippen LogP contribution in [0.4, 0.5) is 0 Å². The van der Waals surface area contributed by atoms with Crippen molar-refractivity contribution >= 4 is 23.4 Å². The van der Waals surface area contributed by atoms with Crippen LogP contribution < -0.4 is 0 Å². The monoisotopic (exact) mass is 288 g/mol. The molecule has 6 heteroatoms. The van der Waals surface area contributed by atoms with E-state index in [0.29, 0.717) is 0 Å². The minimum absolute atomic E-state index is 0.283. The molecule has 1 atom stereocenters. The molecule has 3 aliphatic heterocycles. The number of nitrogens with zero attached hydrogens (tertiary/aromatic N) is 4. The lowest BCUT2D eigenvalue weighted by Crippen LogP contribution is -2.10. The summed E-state index contributed by atoms with van der Waals surface area (Å²) < 4.78 is 2.17. The molecule has 0 bridgehead atoms. The number of thioether (sulfide) groups is 1. The molecule has 0 aliphatic carbocycles. The van der Waals surface area contributed by atoms with Gasteiger partial charge in [-0.2, -0.15) is 0 Å². The molecule has 0 spiro atoms. The maximum Gasteiger partial charge on any atom is 0.183 e. The van der Waals surface area contributed by atoms with Crippen molar-refractivity contribution in [2.75, 3.05) is 5.75 Å². The summed E-state index contributed by atoms with van der Waals surface area (Å²) in [5, 5.41) is 1.90. The fraction of sp³-hybridized carbons (Fsp3) is 0.154. The minimum Gasteiger partial charge on any atom is -0.317 e. The Balaban J connectivity index is 1.84. The lowest BCUT2D eigenvalue weighted by Gasteiger charge is -2.15. The van der Waals surface area contributed by atoms with Gasteiger partial charge >= 0.3 is 0 Å². The summed E-state index contributed by atoms with van der Waals surface area (Å²) in [7, 11) is 0. The number of hydrogen-bond acceptors (Lipinski definition) is 4. The molecular formula is C13H9ClN4S. The van der Waals surface area contributed by atoms with E-state index in [4.69, 9.17) is 11.6 Å². The Kier molecular flexibility index (Phi) is 2.50. The van der Waals surface area contributed by atoms with Crippen LogP contribution in [0, 0.1) is 0 Å². The number of benzene rings is 1. The van der Waals surface area contributed by atoms with E-state index in [0.717, 1.165) is 27.3 Å². The van der Waals surface area contributed by atoms with Gasteiger partial charge in [-0.25, -0.2) is 15.0 Å². The quantitative estimate of drug-likeness (QED) is 0.645.